The van der Waals surface area contributed by atoms with Crippen molar-refractivity contribution in [1.29, 1.82) is 0 Å². The van der Waals surface area contributed by atoms with E-state index >= 15 is 0 Å². The van der Waals surface area contributed by atoms with Crippen LogP contribution in [-0.2, 0) is 16.2 Å². The first-order valence-electron chi connectivity index (χ1n) is 10.9. The average Bonchev–Trinajstić information content (AvgIpc) is 3.43. The van der Waals surface area contributed by atoms with E-state index in [9.17, 15) is 26.4 Å². The molecular weight excluding hydrogens is 525 g/mol. The number of hydrogen-bond acceptors (Lipinski definition) is 6. The molecule has 0 aliphatic rings. The molecule has 0 spiro atoms. The lowest BCUT2D eigenvalue weighted by molar-refractivity contribution is -0.137. The molecule has 1 aromatic heterocycles. The van der Waals surface area contributed by atoms with Crippen LogP contribution in [-0.4, -0.2) is 38.1 Å². The van der Waals surface area contributed by atoms with Crippen LogP contribution in [0.5, 0.6) is 11.5 Å². The Labute approximate surface area is 215 Å². The van der Waals surface area contributed by atoms with Gasteiger partial charge < -0.3 is 19.4 Å². The second kappa shape index (κ2) is 10.5. The highest BCUT2D eigenvalue weighted by atomic mass is 32.2. The van der Waals surface area contributed by atoms with Crippen LogP contribution in [0.4, 0.5) is 24.5 Å². The molecule has 0 fully saturated rings. The van der Waals surface area contributed by atoms with Crippen LogP contribution >= 0.6 is 0 Å². The van der Waals surface area contributed by atoms with Gasteiger partial charge in [-0.3, -0.25) is 9.52 Å². The van der Waals surface area contributed by atoms with Crippen molar-refractivity contribution in [1.82, 2.24) is 9.55 Å². The van der Waals surface area contributed by atoms with Crippen molar-refractivity contribution < 1.29 is 35.9 Å². The van der Waals surface area contributed by atoms with E-state index in [1.54, 1.807) is 41.5 Å². The molecule has 0 atom stereocenters. The summed E-state index contributed by atoms with van der Waals surface area (Å²) in [5.74, 6) is -0.485. The van der Waals surface area contributed by atoms with Crippen molar-refractivity contribution in [3.05, 3.63) is 90.5 Å². The van der Waals surface area contributed by atoms with Crippen molar-refractivity contribution in [2.24, 2.45) is 0 Å². The molecule has 0 unspecified atom stereocenters. The van der Waals surface area contributed by atoms with E-state index < -0.39 is 32.6 Å². The third-order valence-corrected chi connectivity index (χ3v) is 6.79. The second-order valence-corrected chi connectivity index (χ2v) is 9.54. The van der Waals surface area contributed by atoms with Gasteiger partial charge in [-0.1, -0.05) is 6.07 Å². The van der Waals surface area contributed by atoms with E-state index in [1.165, 1.54) is 26.4 Å². The number of imidazole rings is 1. The number of rotatable bonds is 8. The summed E-state index contributed by atoms with van der Waals surface area (Å²) in [6, 6.07) is 12.5. The van der Waals surface area contributed by atoms with Crippen LogP contribution in [0.2, 0.25) is 0 Å². The Morgan fingerprint density at radius 3 is 2.29 bits per heavy atom. The molecule has 0 aliphatic carbocycles. The maximum atomic E-state index is 13.2. The smallest absolute Gasteiger partial charge is 0.416 e. The van der Waals surface area contributed by atoms with Gasteiger partial charge in [0.1, 0.15) is 11.5 Å². The zero-order valence-electron chi connectivity index (χ0n) is 20.0. The zero-order valence-corrected chi connectivity index (χ0v) is 20.8. The van der Waals surface area contributed by atoms with Gasteiger partial charge in [-0.15, -0.1) is 0 Å². The van der Waals surface area contributed by atoms with Gasteiger partial charge in [0, 0.05) is 29.8 Å². The predicted octanol–water partition coefficient (Wildman–Crippen LogP) is 4.96. The Morgan fingerprint density at radius 2 is 1.68 bits per heavy atom. The van der Waals surface area contributed by atoms with Gasteiger partial charge in [0.15, 0.2) is 0 Å². The standard InChI is InChI=1S/C25H21F3N4O5S/c1-36-22-14-23(37-2)21(31-38(34,35)19-8-6-16(7-9-19)25(26,27)28)13-20(22)24(33)30-17-4-3-5-18(12-17)32-11-10-29-15-32/h3-15,31H,1-2H3,(H,30,33). The summed E-state index contributed by atoms with van der Waals surface area (Å²) in [7, 11) is -1.72. The van der Waals surface area contributed by atoms with E-state index in [0.29, 0.717) is 17.8 Å². The zero-order chi connectivity index (χ0) is 27.5. The van der Waals surface area contributed by atoms with Gasteiger partial charge in [-0.2, -0.15) is 13.2 Å². The van der Waals surface area contributed by atoms with Crippen LogP contribution in [0.25, 0.3) is 5.69 Å². The number of halogens is 3. The van der Waals surface area contributed by atoms with Gasteiger partial charge in [-0.05, 0) is 48.5 Å². The minimum atomic E-state index is -4.62. The molecule has 9 nitrogen and oxygen atoms in total. The molecule has 1 heterocycles. The summed E-state index contributed by atoms with van der Waals surface area (Å²) in [5.41, 5.74) is 0.0597. The van der Waals surface area contributed by atoms with Crippen LogP contribution in [0, 0.1) is 0 Å². The maximum absolute atomic E-state index is 13.2. The molecule has 4 rings (SSSR count). The molecule has 0 aliphatic heterocycles. The molecule has 13 heteroatoms. The Morgan fingerprint density at radius 1 is 0.974 bits per heavy atom. The minimum absolute atomic E-state index is 0.0218. The monoisotopic (exact) mass is 546 g/mol. The number of anilines is 2. The highest BCUT2D eigenvalue weighted by Crippen LogP contribution is 2.35. The van der Waals surface area contributed by atoms with Gasteiger partial charge >= 0.3 is 6.18 Å². The second-order valence-electron chi connectivity index (χ2n) is 7.85. The van der Waals surface area contributed by atoms with Gasteiger partial charge in [0.2, 0.25) is 0 Å². The van der Waals surface area contributed by atoms with Crippen molar-refractivity contribution in [2.75, 3.05) is 24.3 Å². The Kier molecular flexibility index (Phi) is 7.30. The molecule has 3 aromatic carbocycles. The van der Waals surface area contributed by atoms with Crippen molar-refractivity contribution >= 4 is 27.3 Å². The number of nitrogens with zero attached hydrogens (tertiary/aromatic N) is 2. The quantitative estimate of drug-likeness (QED) is 0.323. The third-order valence-electron chi connectivity index (χ3n) is 5.41. The van der Waals surface area contributed by atoms with Crippen LogP contribution in [0.1, 0.15) is 15.9 Å². The normalized spacial score (nSPS) is 11.6. The van der Waals surface area contributed by atoms with Gasteiger partial charge in [-0.25, -0.2) is 13.4 Å². The van der Waals surface area contributed by atoms with Crippen LogP contribution in [0.3, 0.4) is 0 Å². The average molecular weight is 547 g/mol. The number of ether oxygens (including phenoxy) is 2. The fourth-order valence-electron chi connectivity index (χ4n) is 3.54. The van der Waals surface area contributed by atoms with E-state index in [2.05, 4.69) is 15.0 Å². The SMILES string of the molecule is COc1cc(OC)c(C(=O)Nc2cccc(-n3ccnc3)c2)cc1NS(=O)(=O)c1ccc(C(F)(F)F)cc1. The molecule has 38 heavy (non-hydrogen) atoms. The number of benzene rings is 3. The number of methoxy groups -OCH3 is 2. The lowest BCUT2D eigenvalue weighted by Crippen LogP contribution is -2.17. The molecule has 0 radical (unpaired) electrons. The fourth-order valence-corrected chi connectivity index (χ4v) is 4.60. The topological polar surface area (TPSA) is 112 Å². The number of aromatic nitrogens is 2. The number of sulfonamides is 1. The molecular formula is C25H21F3N4O5S. The molecule has 198 valence electrons. The molecule has 0 saturated heterocycles. The number of amides is 1. The van der Waals surface area contributed by atoms with E-state index in [-0.39, 0.29) is 22.7 Å². The van der Waals surface area contributed by atoms with Gasteiger partial charge in [0.05, 0.1) is 42.3 Å². The molecule has 2 N–H and O–H groups in total. The minimum Gasteiger partial charge on any atom is -0.496 e. The Hall–Kier alpha value is -4.52. The Bertz CT molecular complexity index is 1560. The van der Waals surface area contributed by atoms with E-state index in [4.69, 9.17) is 9.47 Å². The summed E-state index contributed by atoms with van der Waals surface area (Å²) in [6.45, 7) is 0. The Balaban J connectivity index is 1.64. The number of carbonyl (C=O) groups excluding carboxylic acids is 1. The first kappa shape index (κ1) is 26.5. The highest BCUT2D eigenvalue weighted by molar-refractivity contribution is 7.92. The number of hydrogen-bond donors (Lipinski definition) is 2. The molecule has 1 amide bonds. The van der Waals surface area contributed by atoms with Crippen LogP contribution in [0.15, 0.2) is 84.3 Å². The van der Waals surface area contributed by atoms with Crippen molar-refractivity contribution in [3.63, 3.8) is 0 Å². The first-order chi connectivity index (χ1) is 18.0. The summed E-state index contributed by atoms with van der Waals surface area (Å²) in [6.07, 6.45) is 0.334. The number of nitrogens with one attached hydrogen (secondary N) is 2. The fraction of sp³-hybridized carbons (Fsp3) is 0.120. The molecule has 0 saturated carbocycles. The third kappa shape index (κ3) is 5.72. The van der Waals surface area contributed by atoms with Crippen molar-refractivity contribution in [2.45, 2.75) is 11.1 Å². The lowest BCUT2D eigenvalue weighted by Gasteiger charge is -2.17. The lowest BCUT2D eigenvalue weighted by atomic mass is 10.1. The van der Waals surface area contributed by atoms with E-state index in [1.807, 2.05) is 6.07 Å². The van der Waals surface area contributed by atoms with E-state index in [0.717, 1.165) is 17.8 Å². The summed E-state index contributed by atoms with van der Waals surface area (Å²) < 4.78 is 79.0. The van der Waals surface area contributed by atoms with Crippen molar-refractivity contribution in [3.8, 4) is 17.2 Å². The van der Waals surface area contributed by atoms with Gasteiger partial charge in [0.25, 0.3) is 15.9 Å². The number of alkyl halides is 3. The highest BCUT2D eigenvalue weighted by Gasteiger charge is 2.31. The maximum Gasteiger partial charge on any atom is 0.416 e. The molecule has 4 aromatic rings. The largest absolute Gasteiger partial charge is 0.496 e. The molecule has 0 bridgehead atoms. The first-order valence-corrected chi connectivity index (χ1v) is 12.4. The predicted molar refractivity (Wildman–Crippen MR) is 133 cm³/mol. The summed E-state index contributed by atoms with van der Waals surface area (Å²) in [5, 5.41) is 2.74. The number of carbonyl (C=O) groups is 1. The van der Waals surface area contributed by atoms with Crippen LogP contribution < -0.4 is 19.5 Å². The summed E-state index contributed by atoms with van der Waals surface area (Å²) >= 11 is 0. The summed E-state index contributed by atoms with van der Waals surface area (Å²) in [4.78, 5) is 16.8.